The molecule has 0 spiro atoms. The number of aryl methyl sites for hydroxylation is 2. The van der Waals surface area contributed by atoms with Crippen LogP contribution in [-0.2, 0) is 6.42 Å². The molecule has 1 aromatic carbocycles. The van der Waals surface area contributed by atoms with Crippen LogP contribution in [0.3, 0.4) is 0 Å². The van der Waals surface area contributed by atoms with E-state index in [1.54, 1.807) is 13.0 Å². The summed E-state index contributed by atoms with van der Waals surface area (Å²) in [5, 5.41) is 13.0. The second kappa shape index (κ2) is 6.59. The van der Waals surface area contributed by atoms with E-state index in [-0.39, 0.29) is 17.7 Å². The van der Waals surface area contributed by atoms with Gasteiger partial charge in [0, 0.05) is 6.42 Å². The van der Waals surface area contributed by atoms with Crippen molar-refractivity contribution >= 4 is 5.91 Å². The third kappa shape index (κ3) is 3.95. The van der Waals surface area contributed by atoms with Gasteiger partial charge in [0.15, 0.2) is 5.76 Å². The van der Waals surface area contributed by atoms with Gasteiger partial charge in [-0.3, -0.25) is 4.79 Å². The van der Waals surface area contributed by atoms with Crippen LogP contribution in [0.2, 0.25) is 0 Å². The van der Waals surface area contributed by atoms with Gasteiger partial charge in [0.1, 0.15) is 5.76 Å². The van der Waals surface area contributed by atoms with Gasteiger partial charge in [0.2, 0.25) is 0 Å². The summed E-state index contributed by atoms with van der Waals surface area (Å²) in [6.07, 6.45) is -0.146. The van der Waals surface area contributed by atoms with Crippen molar-refractivity contribution in [1.29, 1.82) is 0 Å². The van der Waals surface area contributed by atoms with Gasteiger partial charge in [0.25, 0.3) is 5.91 Å². The predicted octanol–water partition coefficient (Wildman–Crippen LogP) is 2.62. The standard InChI is InChI=1S/C17H21NO3/c1-11-9-16(21-13(11)3)17(20)18-12(2)15(19)10-14-7-5-4-6-8-14/h4-9,12,15,19H,10H2,1-3H3,(H,18,20). The van der Waals surface area contributed by atoms with Crippen LogP contribution in [0, 0.1) is 13.8 Å². The fraction of sp³-hybridized carbons (Fsp3) is 0.353. The summed E-state index contributed by atoms with van der Waals surface area (Å²) in [6, 6.07) is 11.1. The maximum atomic E-state index is 12.1. The van der Waals surface area contributed by atoms with Crippen LogP contribution >= 0.6 is 0 Å². The highest BCUT2D eigenvalue weighted by Crippen LogP contribution is 2.13. The zero-order chi connectivity index (χ0) is 15.4. The molecule has 2 unspecified atom stereocenters. The van der Waals surface area contributed by atoms with Gasteiger partial charge in [0.05, 0.1) is 12.1 Å². The topological polar surface area (TPSA) is 62.5 Å². The van der Waals surface area contributed by atoms with E-state index in [1.807, 2.05) is 44.2 Å². The third-order valence-electron chi connectivity index (χ3n) is 3.61. The number of carbonyl (C=O) groups excluding carboxylic acids is 1. The van der Waals surface area contributed by atoms with Crippen molar-refractivity contribution < 1.29 is 14.3 Å². The van der Waals surface area contributed by atoms with Crippen molar-refractivity contribution in [3.8, 4) is 0 Å². The first kappa shape index (κ1) is 15.3. The number of carbonyl (C=O) groups is 1. The molecule has 4 nitrogen and oxygen atoms in total. The molecule has 2 N–H and O–H groups in total. The largest absolute Gasteiger partial charge is 0.456 e. The Morgan fingerprint density at radius 3 is 2.52 bits per heavy atom. The molecule has 0 radical (unpaired) electrons. The molecule has 112 valence electrons. The lowest BCUT2D eigenvalue weighted by atomic mass is 10.0. The lowest BCUT2D eigenvalue weighted by molar-refractivity contribution is 0.0825. The second-order valence-corrected chi connectivity index (χ2v) is 5.37. The molecule has 1 aromatic heterocycles. The Hall–Kier alpha value is -2.07. The maximum absolute atomic E-state index is 12.1. The van der Waals surface area contributed by atoms with Crippen LogP contribution in [0.25, 0.3) is 0 Å². The quantitative estimate of drug-likeness (QED) is 0.888. The lowest BCUT2D eigenvalue weighted by Gasteiger charge is -2.19. The minimum absolute atomic E-state index is 0.281. The first-order valence-electron chi connectivity index (χ1n) is 7.07. The van der Waals surface area contributed by atoms with Crippen LogP contribution in [0.15, 0.2) is 40.8 Å². The van der Waals surface area contributed by atoms with E-state index < -0.39 is 6.10 Å². The number of aliphatic hydroxyl groups is 1. The van der Waals surface area contributed by atoms with Gasteiger partial charge in [-0.2, -0.15) is 0 Å². The third-order valence-corrected chi connectivity index (χ3v) is 3.61. The Morgan fingerprint density at radius 1 is 1.29 bits per heavy atom. The van der Waals surface area contributed by atoms with Crippen molar-refractivity contribution in [3.05, 3.63) is 59.0 Å². The van der Waals surface area contributed by atoms with Gasteiger partial charge in [-0.1, -0.05) is 30.3 Å². The number of aliphatic hydroxyl groups excluding tert-OH is 1. The van der Waals surface area contributed by atoms with E-state index in [4.69, 9.17) is 4.42 Å². The van der Waals surface area contributed by atoms with E-state index in [1.165, 1.54) is 0 Å². The first-order valence-corrected chi connectivity index (χ1v) is 7.07. The number of benzene rings is 1. The Balaban J connectivity index is 1.94. The smallest absolute Gasteiger partial charge is 0.287 e. The summed E-state index contributed by atoms with van der Waals surface area (Å²) in [4.78, 5) is 12.1. The van der Waals surface area contributed by atoms with E-state index in [0.717, 1.165) is 16.9 Å². The van der Waals surface area contributed by atoms with Crippen molar-refractivity contribution in [1.82, 2.24) is 5.32 Å². The summed E-state index contributed by atoms with van der Waals surface area (Å²) < 4.78 is 5.38. The highest BCUT2D eigenvalue weighted by atomic mass is 16.3. The summed E-state index contributed by atoms with van der Waals surface area (Å²) in [7, 11) is 0. The number of hydrogen-bond donors (Lipinski definition) is 2. The van der Waals surface area contributed by atoms with Gasteiger partial charge in [-0.25, -0.2) is 0 Å². The number of nitrogens with one attached hydrogen (secondary N) is 1. The average molecular weight is 287 g/mol. The average Bonchev–Trinajstić information content (AvgIpc) is 2.80. The Bertz CT molecular complexity index is 584. The number of hydrogen-bond acceptors (Lipinski definition) is 3. The summed E-state index contributed by atoms with van der Waals surface area (Å²) >= 11 is 0. The molecule has 0 aliphatic rings. The fourth-order valence-corrected chi connectivity index (χ4v) is 2.09. The highest BCUT2D eigenvalue weighted by Gasteiger charge is 2.20. The van der Waals surface area contributed by atoms with Gasteiger partial charge >= 0.3 is 0 Å². The fourth-order valence-electron chi connectivity index (χ4n) is 2.09. The Morgan fingerprint density at radius 2 is 1.95 bits per heavy atom. The van der Waals surface area contributed by atoms with Crippen molar-refractivity contribution in [2.45, 2.75) is 39.3 Å². The van der Waals surface area contributed by atoms with Gasteiger partial charge in [-0.05, 0) is 38.0 Å². The summed E-state index contributed by atoms with van der Waals surface area (Å²) in [5.41, 5.74) is 1.98. The molecule has 0 bridgehead atoms. The van der Waals surface area contributed by atoms with E-state index in [2.05, 4.69) is 5.32 Å². The first-order chi connectivity index (χ1) is 9.97. The van der Waals surface area contributed by atoms with Crippen LogP contribution in [-0.4, -0.2) is 23.2 Å². The van der Waals surface area contributed by atoms with E-state index in [0.29, 0.717) is 6.42 Å². The molecule has 0 saturated carbocycles. The molecular formula is C17H21NO3. The number of rotatable bonds is 5. The van der Waals surface area contributed by atoms with Gasteiger partial charge < -0.3 is 14.8 Å². The number of furan rings is 1. The van der Waals surface area contributed by atoms with E-state index >= 15 is 0 Å². The zero-order valence-corrected chi connectivity index (χ0v) is 12.6. The molecular weight excluding hydrogens is 266 g/mol. The van der Waals surface area contributed by atoms with E-state index in [9.17, 15) is 9.90 Å². The van der Waals surface area contributed by atoms with Crippen molar-refractivity contribution in [2.24, 2.45) is 0 Å². The molecule has 1 amide bonds. The molecule has 0 aliphatic carbocycles. The Labute approximate surface area is 124 Å². The van der Waals surface area contributed by atoms with Crippen molar-refractivity contribution in [2.75, 3.05) is 0 Å². The van der Waals surface area contributed by atoms with Crippen molar-refractivity contribution in [3.63, 3.8) is 0 Å². The van der Waals surface area contributed by atoms with Crippen LogP contribution in [0.5, 0.6) is 0 Å². The molecule has 2 atom stereocenters. The molecule has 0 saturated heterocycles. The highest BCUT2D eigenvalue weighted by molar-refractivity contribution is 5.92. The molecule has 4 heteroatoms. The predicted molar refractivity (Wildman–Crippen MR) is 81.3 cm³/mol. The van der Waals surface area contributed by atoms with Gasteiger partial charge in [-0.15, -0.1) is 0 Å². The molecule has 0 fully saturated rings. The monoisotopic (exact) mass is 287 g/mol. The summed E-state index contributed by atoms with van der Waals surface area (Å²) in [6.45, 7) is 5.50. The SMILES string of the molecule is Cc1cc(C(=O)NC(C)C(O)Cc2ccccc2)oc1C. The maximum Gasteiger partial charge on any atom is 0.287 e. The minimum atomic E-state index is -0.645. The Kier molecular flexibility index (Phi) is 4.81. The normalized spacial score (nSPS) is 13.7. The van der Waals surface area contributed by atoms with Crippen LogP contribution < -0.4 is 5.32 Å². The van der Waals surface area contributed by atoms with Crippen LogP contribution in [0.1, 0.15) is 34.4 Å². The number of amides is 1. The molecule has 21 heavy (non-hydrogen) atoms. The molecule has 2 rings (SSSR count). The molecule has 1 heterocycles. The zero-order valence-electron chi connectivity index (χ0n) is 12.6. The van der Waals surface area contributed by atoms with Crippen LogP contribution in [0.4, 0.5) is 0 Å². The second-order valence-electron chi connectivity index (χ2n) is 5.37. The molecule has 0 aliphatic heterocycles. The summed E-state index contributed by atoms with van der Waals surface area (Å²) in [5.74, 6) is 0.715. The minimum Gasteiger partial charge on any atom is -0.456 e. The lowest BCUT2D eigenvalue weighted by Crippen LogP contribution is -2.42. The molecule has 2 aromatic rings.